The fraction of sp³-hybridized carbons (Fsp3) is 0.636. The lowest BCUT2D eigenvalue weighted by Gasteiger charge is -2.35. The maximum atomic E-state index is 11.9. The van der Waals surface area contributed by atoms with Crippen LogP contribution in [0.1, 0.15) is 62.5 Å². The van der Waals surface area contributed by atoms with E-state index in [9.17, 15) is 10.1 Å². The maximum absolute atomic E-state index is 11.9. The molecule has 5 heteroatoms. The molecule has 0 N–H and O–H groups in total. The second-order valence-electron chi connectivity index (χ2n) is 8.28. The average Bonchev–Trinajstić information content (AvgIpc) is 3.33. The standard InChI is InChI=1S/C22H27NO4/c1-25-18-6-5-17(16-13-22(27-19(16)18)9-3-4-10-22)21(14-23)11-7-15(8-12-21)20(24)26-2/h5-6,15H,3-4,7-13H2,1-2H3. The number of rotatable bonds is 3. The number of carbonyl (C=O) groups excluding carboxylic acids is 1. The van der Waals surface area contributed by atoms with E-state index in [4.69, 9.17) is 14.2 Å². The van der Waals surface area contributed by atoms with Crippen molar-refractivity contribution in [3.63, 3.8) is 0 Å². The van der Waals surface area contributed by atoms with Crippen LogP contribution in [-0.2, 0) is 21.4 Å². The molecule has 0 bridgehead atoms. The summed E-state index contributed by atoms with van der Waals surface area (Å²) in [6.45, 7) is 0. The summed E-state index contributed by atoms with van der Waals surface area (Å²) in [6.07, 6.45) is 8.09. The average molecular weight is 369 g/mol. The first kappa shape index (κ1) is 18.2. The number of methoxy groups -OCH3 is 2. The Hall–Kier alpha value is -2.22. The van der Waals surface area contributed by atoms with E-state index in [2.05, 4.69) is 12.1 Å². The third-order valence-electron chi connectivity index (χ3n) is 6.88. The number of ether oxygens (including phenoxy) is 3. The van der Waals surface area contributed by atoms with Crippen molar-refractivity contribution in [3.8, 4) is 17.6 Å². The Morgan fingerprint density at radius 1 is 1.19 bits per heavy atom. The summed E-state index contributed by atoms with van der Waals surface area (Å²) in [5, 5.41) is 10.2. The predicted octanol–water partition coefficient (Wildman–Crippen LogP) is 4.07. The monoisotopic (exact) mass is 369 g/mol. The van der Waals surface area contributed by atoms with Crippen LogP contribution in [0.4, 0.5) is 0 Å². The normalized spacial score (nSPS) is 28.3. The minimum atomic E-state index is -0.561. The van der Waals surface area contributed by atoms with E-state index in [1.54, 1.807) is 7.11 Å². The highest BCUT2D eigenvalue weighted by molar-refractivity contribution is 5.72. The molecule has 27 heavy (non-hydrogen) atoms. The lowest BCUT2D eigenvalue weighted by molar-refractivity contribution is -0.146. The van der Waals surface area contributed by atoms with Gasteiger partial charge in [-0.25, -0.2) is 0 Å². The molecular formula is C22H27NO4. The van der Waals surface area contributed by atoms with Gasteiger partial charge < -0.3 is 14.2 Å². The van der Waals surface area contributed by atoms with E-state index in [1.165, 1.54) is 20.0 Å². The fourth-order valence-corrected chi connectivity index (χ4v) is 5.33. The highest BCUT2D eigenvalue weighted by Gasteiger charge is 2.48. The molecule has 1 spiro atoms. The van der Waals surface area contributed by atoms with Crippen molar-refractivity contribution in [3.05, 3.63) is 23.3 Å². The van der Waals surface area contributed by atoms with Crippen molar-refractivity contribution >= 4 is 5.97 Å². The van der Waals surface area contributed by atoms with Gasteiger partial charge in [0.1, 0.15) is 5.60 Å². The Balaban J connectivity index is 1.69. The zero-order valence-corrected chi connectivity index (χ0v) is 16.2. The lowest BCUT2D eigenvalue weighted by atomic mass is 9.66. The maximum Gasteiger partial charge on any atom is 0.308 e. The Kier molecular flexibility index (Phi) is 4.53. The number of esters is 1. The number of nitriles is 1. The molecule has 0 aromatic heterocycles. The SMILES string of the molecule is COC(=O)C1CCC(C#N)(c2ccc(OC)c3c2CC2(CCCC2)O3)CC1. The highest BCUT2D eigenvalue weighted by atomic mass is 16.5. The van der Waals surface area contributed by atoms with Gasteiger partial charge in [0, 0.05) is 12.0 Å². The van der Waals surface area contributed by atoms with Crippen LogP contribution in [0.2, 0.25) is 0 Å². The van der Waals surface area contributed by atoms with E-state index in [1.807, 2.05) is 6.07 Å². The number of hydrogen-bond donors (Lipinski definition) is 0. The smallest absolute Gasteiger partial charge is 0.308 e. The highest BCUT2D eigenvalue weighted by Crippen LogP contribution is 2.53. The Morgan fingerprint density at radius 3 is 2.48 bits per heavy atom. The minimum absolute atomic E-state index is 0.0970. The first-order valence-corrected chi connectivity index (χ1v) is 9.95. The summed E-state index contributed by atoms with van der Waals surface area (Å²) in [5.74, 6) is 1.34. The fourth-order valence-electron chi connectivity index (χ4n) is 5.33. The van der Waals surface area contributed by atoms with Gasteiger partial charge in [-0.05, 0) is 63.0 Å². The third kappa shape index (κ3) is 2.86. The van der Waals surface area contributed by atoms with Crippen LogP contribution >= 0.6 is 0 Å². The van der Waals surface area contributed by atoms with Crippen molar-refractivity contribution in [2.24, 2.45) is 5.92 Å². The predicted molar refractivity (Wildman–Crippen MR) is 99.8 cm³/mol. The van der Waals surface area contributed by atoms with E-state index >= 15 is 0 Å². The van der Waals surface area contributed by atoms with Crippen LogP contribution < -0.4 is 9.47 Å². The van der Waals surface area contributed by atoms with E-state index in [0.717, 1.165) is 41.9 Å². The minimum Gasteiger partial charge on any atom is -0.493 e. The summed E-state index contributed by atoms with van der Waals surface area (Å²) in [5.41, 5.74) is 1.54. The van der Waals surface area contributed by atoms with Crippen LogP contribution in [0.15, 0.2) is 12.1 Å². The topological polar surface area (TPSA) is 68.6 Å². The molecule has 0 saturated heterocycles. The van der Waals surface area contributed by atoms with Gasteiger partial charge in [-0.3, -0.25) is 4.79 Å². The number of hydrogen-bond acceptors (Lipinski definition) is 5. The van der Waals surface area contributed by atoms with E-state index in [-0.39, 0.29) is 17.5 Å². The molecule has 1 heterocycles. The molecule has 0 amide bonds. The number of nitrogens with zero attached hydrogens (tertiary/aromatic N) is 1. The van der Waals surface area contributed by atoms with Gasteiger partial charge in [0.15, 0.2) is 11.5 Å². The molecular weight excluding hydrogens is 342 g/mol. The van der Waals surface area contributed by atoms with Crippen molar-refractivity contribution in [1.29, 1.82) is 5.26 Å². The van der Waals surface area contributed by atoms with Gasteiger partial charge in [0.25, 0.3) is 0 Å². The third-order valence-corrected chi connectivity index (χ3v) is 6.88. The Labute approximate surface area is 160 Å². The van der Waals surface area contributed by atoms with Gasteiger partial charge in [-0.2, -0.15) is 5.26 Å². The number of benzene rings is 1. The summed E-state index contributed by atoms with van der Waals surface area (Å²) in [6, 6.07) is 6.60. The Bertz CT molecular complexity index is 780. The lowest BCUT2D eigenvalue weighted by Crippen LogP contribution is -2.34. The van der Waals surface area contributed by atoms with Crippen molar-refractivity contribution in [2.75, 3.05) is 14.2 Å². The summed E-state index contributed by atoms with van der Waals surface area (Å²) in [4.78, 5) is 11.9. The van der Waals surface area contributed by atoms with Crippen LogP contribution in [0, 0.1) is 17.2 Å². The molecule has 0 unspecified atom stereocenters. The quantitative estimate of drug-likeness (QED) is 0.751. The molecule has 1 aromatic carbocycles. The zero-order valence-electron chi connectivity index (χ0n) is 16.2. The second kappa shape index (κ2) is 6.74. The number of carbonyl (C=O) groups is 1. The van der Waals surface area contributed by atoms with Gasteiger partial charge in [-0.1, -0.05) is 6.07 Å². The van der Waals surface area contributed by atoms with Crippen LogP contribution in [0.25, 0.3) is 0 Å². The van der Waals surface area contributed by atoms with Crippen LogP contribution in [-0.4, -0.2) is 25.8 Å². The molecule has 1 aromatic rings. The van der Waals surface area contributed by atoms with Crippen LogP contribution in [0.3, 0.4) is 0 Å². The van der Waals surface area contributed by atoms with Gasteiger partial charge >= 0.3 is 5.97 Å². The molecule has 2 fully saturated rings. The van der Waals surface area contributed by atoms with Gasteiger partial charge in [0.2, 0.25) is 0 Å². The summed E-state index contributed by atoms with van der Waals surface area (Å²) in [7, 11) is 3.10. The van der Waals surface area contributed by atoms with Crippen molar-refractivity contribution < 1.29 is 19.0 Å². The number of fused-ring (bicyclic) bond motifs is 1. The zero-order chi connectivity index (χ0) is 19.1. The second-order valence-corrected chi connectivity index (χ2v) is 8.28. The first-order chi connectivity index (χ1) is 13.1. The Morgan fingerprint density at radius 2 is 1.89 bits per heavy atom. The van der Waals surface area contributed by atoms with Crippen molar-refractivity contribution in [2.45, 2.75) is 68.8 Å². The summed E-state index contributed by atoms with van der Waals surface area (Å²) >= 11 is 0. The molecule has 144 valence electrons. The molecule has 1 aliphatic heterocycles. The molecule has 4 rings (SSSR count). The molecule has 5 nitrogen and oxygen atoms in total. The van der Waals surface area contributed by atoms with Gasteiger partial charge in [0.05, 0.1) is 31.6 Å². The van der Waals surface area contributed by atoms with Crippen LogP contribution in [0.5, 0.6) is 11.5 Å². The van der Waals surface area contributed by atoms with Crippen molar-refractivity contribution in [1.82, 2.24) is 0 Å². The van der Waals surface area contributed by atoms with E-state index in [0.29, 0.717) is 25.7 Å². The molecule has 0 atom stereocenters. The summed E-state index contributed by atoms with van der Waals surface area (Å²) < 4.78 is 16.9. The molecule has 2 aliphatic carbocycles. The first-order valence-electron chi connectivity index (χ1n) is 9.95. The van der Waals surface area contributed by atoms with Gasteiger partial charge in [-0.15, -0.1) is 0 Å². The molecule has 2 saturated carbocycles. The molecule has 0 radical (unpaired) electrons. The largest absolute Gasteiger partial charge is 0.493 e. The van der Waals surface area contributed by atoms with E-state index < -0.39 is 5.41 Å². The molecule has 3 aliphatic rings.